The molecular weight excluding hydrogens is 251 g/mol. The summed E-state index contributed by atoms with van der Waals surface area (Å²) in [6.07, 6.45) is 3.37. The minimum atomic E-state index is -0.957. The second-order valence-electron chi connectivity index (χ2n) is 3.93. The molecule has 1 aromatic rings. The van der Waals surface area contributed by atoms with E-state index < -0.39 is 11.8 Å². The maximum absolute atomic E-state index is 13.6. The van der Waals surface area contributed by atoms with E-state index in [0.717, 1.165) is 0 Å². The van der Waals surface area contributed by atoms with E-state index in [1.165, 1.54) is 13.2 Å². The van der Waals surface area contributed by atoms with Crippen LogP contribution in [0.15, 0.2) is 24.3 Å². The van der Waals surface area contributed by atoms with E-state index >= 15 is 0 Å². The molecule has 0 radical (unpaired) electrons. The fraction of sp³-hybridized carbons (Fsp3) is 0.286. The molecule has 1 N–H and O–H groups in total. The maximum atomic E-state index is 13.6. The van der Waals surface area contributed by atoms with Crippen LogP contribution >= 0.6 is 0 Å². The van der Waals surface area contributed by atoms with Gasteiger partial charge in [0.25, 0.3) is 0 Å². The molecule has 0 aliphatic rings. The van der Waals surface area contributed by atoms with Crippen LogP contribution in [0, 0.1) is 5.82 Å². The van der Waals surface area contributed by atoms with Crippen LogP contribution in [0.5, 0.6) is 0 Å². The van der Waals surface area contributed by atoms with Gasteiger partial charge in [-0.2, -0.15) is 0 Å². The molecule has 1 rings (SSSR count). The monoisotopic (exact) mass is 266 g/mol. The fourth-order valence-electron chi connectivity index (χ4n) is 1.49. The summed E-state index contributed by atoms with van der Waals surface area (Å²) in [7, 11) is 1.30. The molecule has 0 saturated carbocycles. The first-order valence-electron chi connectivity index (χ1n) is 5.76. The number of benzene rings is 1. The lowest BCUT2D eigenvalue weighted by atomic mass is 10.1. The van der Waals surface area contributed by atoms with Crippen LogP contribution in [0.3, 0.4) is 0 Å². The molecule has 0 bridgehead atoms. The number of carboxylic acid groups (broad SMARTS) is 1. The lowest BCUT2D eigenvalue weighted by Crippen LogP contribution is -1.99. The van der Waals surface area contributed by atoms with Gasteiger partial charge >= 0.3 is 11.9 Å². The van der Waals surface area contributed by atoms with Gasteiger partial charge in [-0.25, -0.2) is 4.39 Å². The number of carbonyl (C=O) groups excluding carboxylic acids is 1. The van der Waals surface area contributed by atoms with Gasteiger partial charge in [-0.3, -0.25) is 9.59 Å². The number of rotatable bonds is 6. The summed E-state index contributed by atoms with van der Waals surface area (Å²) in [6.45, 7) is 0. The third-order valence-electron chi connectivity index (χ3n) is 2.51. The quantitative estimate of drug-likeness (QED) is 0.803. The zero-order valence-electron chi connectivity index (χ0n) is 10.6. The van der Waals surface area contributed by atoms with Crippen molar-refractivity contribution in [3.63, 3.8) is 0 Å². The number of hydrogen-bond acceptors (Lipinski definition) is 3. The molecule has 0 fully saturated rings. The van der Waals surface area contributed by atoms with Crippen molar-refractivity contribution in [1.82, 2.24) is 0 Å². The molecule has 4 nitrogen and oxygen atoms in total. The zero-order chi connectivity index (χ0) is 14.3. The van der Waals surface area contributed by atoms with Crippen molar-refractivity contribution in [3.05, 3.63) is 41.2 Å². The first kappa shape index (κ1) is 14.9. The first-order chi connectivity index (χ1) is 9.02. The van der Waals surface area contributed by atoms with Crippen LogP contribution in [0.1, 0.15) is 24.0 Å². The van der Waals surface area contributed by atoms with Crippen molar-refractivity contribution in [2.24, 2.45) is 0 Å². The second kappa shape index (κ2) is 7.31. The van der Waals surface area contributed by atoms with Crippen LogP contribution in [-0.4, -0.2) is 24.2 Å². The Morgan fingerprint density at radius 3 is 2.74 bits per heavy atom. The molecule has 0 spiro atoms. The van der Waals surface area contributed by atoms with E-state index in [1.807, 2.05) is 0 Å². The average Bonchev–Trinajstić information content (AvgIpc) is 2.37. The van der Waals surface area contributed by atoms with E-state index in [1.54, 1.807) is 24.3 Å². The highest BCUT2D eigenvalue weighted by Gasteiger charge is 2.05. The SMILES string of the molecule is COC(=O)CC=Cc1ccc(CCC(=O)O)c(F)c1. The Hall–Kier alpha value is -2.17. The van der Waals surface area contributed by atoms with Gasteiger partial charge in [-0.15, -0.1) is 0 Å². The first-order valence-corrected chi connectivity index (χ1v) is 5.76. The smallest absolute Gasteiger partial charge is 0.309 e. The van der Waals surface area contributed by atoms with Crippen LogP contribution in [0.25, 0.3) is 6.08 Å². The van der Waals surface area contributed by atoms with E-state index in [9.17, 15) is 14.0 Å². The normalized spacial score (nSPS) is 10.6. The number of carboxylic acids is 1. The summed E-state index contributed by atoms with van der Waals surface area (Å²) in [6, 6.07) is 4.54. The van der Waals surface area contributed by atoms with Crippen LogP contribution in [0.2, 0.25) is 0 Å². The van der Waals surface area contributed by atoms with E-state index in [0.29, 0.717) is 11.1 Å². The molecule has 0 heterocycles. The van der Waals surface area contributed by atoms with Crippen LogP contribution in [0.4, 0.5) is 4.39 Å². The third kappa shape index (κ3) is 5.33. The Labute approximate surface area is 110 Å². The van der Waals surface area contributed by atoms with Gasteiger partial charge in [-0.1, -0.05) is 24.3 Å². The van der Waals surface area contributed by atoms with E-state index in [4.69, 9.17) is 5.11 Å². The summed E-state index contributed by atoms with van der Waals surface area (Å²) in [5.41, 5.74) is 0.980. The molecule has 1 aromatic carbocycles. The van der Waals surface area contributed by atoms with E-state index in [-0.39, 0.29) is 25.2 Å². The number of hydrogen-bond donors (Lipinski definition) is 1. The molecular formula is C14H15FO4. The number of ether oxygens (including phenoxy) is 1. The minimum absolute atomic E-state index is 0.103. The number of methoxy groups -OCH3 is 1. The van der Waals surface area contributed by atoms with Crippen molar-refractivity contribution in [2.75, 3.05) is 7.11 Å². The lowest BCUT2D eigenvalue weighted by molar-refractivity contribution is -0.139. The maximum Gasteiger partial charge on any atom is 0.309 e. The molecule has 0 aromatic heterocycles. The van der Waals surface area contributed by atoms with Crippen molar-refractivity contribution in [2.45, 2.75) is 19.3 Å². The Morgan fingerprint density at radius 1 is 1.42 bits per heavy atom. The summed E-state index contributed by atoms with van der Waals surface area (Å²) in [5, 5.41) is 8.53. The highest BCUT2D eigenvalue weighted by Crippen LogP contribution is 2.14. The Balaban J connectivity index is 2.65. The van der Waals surface area contributed by atoms with Crippen molar-refractivity contribution >= 4 is 18.0 Å². The molecule has 0 saturated heterocycles. The predicted octanol–water partition coefficient (Wildman–Crippen LogP) is 2.42. The van der Waals surface area contributed by atoms with E-state index in [2.05, 4.69) is 4.74 Å². The number of halogens is 1. The molecule has 19 heavy (non-hydrogen) atoms. The summed E-state index contributed by atoms with van der Waals surface area (Å²) < 4.78 is 18.1. The van der Waals surface area contributed by atoms with Gasteiger partial charge in [0.05, 0.1) is 13.5 Å². The third-order valence-corrected chi connectivity index (χ3v) is 2.51. The summed E-state index contributed by atoms with van der Waals surface area (Å²) in [5.74, 6) is -1.77. The lowest BCUT2D eigenvalue weighted by Gasteiger charge is -2.02. The number of carbonyl (C=O) groups is 2. The number of aryl methyl sites for hydroxylation is 1. The number of esters is 1. The van der Waals surface area contributed by atoms with Gasteiger partial charge in [0.1, 0.15) is 5.82 Å². The highest BCUT2D eigenvalue weighted by molar-refractivity contribution is 5.72. The summed E-state index contributed by atoms with van der Waals surface area (Å²) >= 11 is 0. The van der Waals surface area contributed by atoms with Gasteiger partial charge in [0.2, 0.25) is 0 Å². The topological polar surface area (TPSA) is 63.6 Å². The van der Waals surface area contributed by atoms with Crippen molar-refractivity contribution in [1.29, 1.82) is 0 Å². The average molecular weight is 266 g/mol. The van der Waals surface area contributed by atoms with Crippen molar-refractivity contribution < 1.29 is 23.8 Å². The largest absolute Gasteiger partial charge is 0.481 e. The molecule has 0 amide bonds. The Morgan fingerprint density at radius 2 is 2.16 bits per heavy atom. The molecule has 0 aliphatic carbocycles. The standard InChI is InChI=1S/C14H15FO4/c1-19-14(18)4-2-3-10-5-6-11(12(15)9-10)7-8-13(16)17/h2-3,5-6,9H,4,7-8H2,1H3,(H,16,17). The fourth-order valence-corrected chi connectivity index (χ4v) is 1.49. The van der Waals surface area contributed by atoms with Gasteiger partial charge in [0.15, 0.2) is 0 Å². The highest BCUT2D eigenvalue weighted by atomic mass is 19.1. The second-order valence-corrected chi connectivity index (χ2v) is 3.93. The minimum Gasteiger partial charge on any atom is -0.481 e. The Bertz CT molecular complexity index is 494. The molecule has 0 unspecified atom stereocenters. The van der Waals surface area contributed by atoms with Crippen LogP contribution < -0.4 is 0 Å². The number of aliphatic carboxylic acids is 1. The predicted molar refractivity (Wildman–Crippen MR) is 68.0 cm³/mol. The van der Waals surface area contributed by atoms with Gasteiger partial charge in [0, 0.05) is 6.42 Å². The summed E-state index contributed by atoms with van der Waals surface area (Å²) in [4.78, 5) is 21.3. The molecule has 102 valence electrons. The molecule has 0 aliphatic heterocycles. The van der Waals surface area contributed by atoms with Gasteiger partial charge < -0.3 is 9.84 Å². The van der Waals surface area contributed by atoms with Crippen molar-refractivity contribution in [3.8, 4) is 0 Å². The van der Waals surface area contributed by atoms with Crippen LogP contribution in [-0.2, 0) is 20.7 Å². The Kier molecular flexibility index (Phi) is 5.73. The molecule has 0 atom stereocenters. The zero-order valence-corrected chi connectivity index (χ0v) is 10.6. The molecule has 5 heteroatoms. The van der Waals surface area contributed by atoms with Gasteiger partial charge in [-0.05, 0) is 23.6 Å².